The van der Waals surface area contributed by atoms with Crippen LogP contribution in [0.5, 0.6) is 0 Å². The highest BCUT2D eigenvalue weighted by molar-refractivity contribution is 4.96. The highest BCUT2D eigenvalue weighted by Crippen LogP contribution is 2.36. The first-order valence-corrected chi connectivity index (χ1v) is 6.34. The van der Waals surface area contributed by atoms with E-state index in [1.165, 1.54) is 32.2 Å². The Hall–Kier alpha value is -0.120. The second-order valence-corrected chi connectivity index (χ2v) is 5.27. The van der Waals surface area contributed by atoms with Crippen molar-refractivity contribution in [2.45, 2.75) is 50.2 Å². The van der Waals surface area contributed by atoms with E-state index < -0.39 is 0 Å². The molecule has 88 valence electrons. The summed E-state index contributed by atoms with van der Waals surface area (Å²) in [5, 5.41) is 13.3. The molecule has 0 radical (unpaired) electrons. The first kappa shape index (κ1) is 11.4. The molecule has 3 nitrogen and oxygen atoms in total. The van der Waals surface area contributed by atoms with Crippen LogP contribution in [0.25, 0.3) is 0 Å². The minimum absolute atomic E-state index is 0.311. The fourth-order valence-electron chi connectivity index (χ4n) is 2.49. The third kappa shape index (κ3) is 3.44. The van der Waals surface area contributed by atoms with Crippen LogP contribution in [-0.4, -0.2) is 48.3 Å². The van der Waals surface area contributed by atoms with Crippen LogP contribution in [0.15, 0.2) is 0 Å². The number of nitrogens with zero attached hydrogens (tertiary/aromatic N) is 1. The van der Waals surface area contributed by atoms with Crippen molar-refractivity contribution in [3.8, 4) is 0 Å². The fourth-order valence-corrected chi connectivity index (χ4v) is 2.49. The Labute approximate surface area is 92.8 Å². The van der Waals surface area contributed by atoms with Crippen LogP contribution in [0.3, 0.4) is 0 Å². The van der Waals surface area contributed by atoms with Gasteiger partial charge in [-0.05, 0) is 52.2 Å². The molecule has 0 bridgehead atoms. The van der Waals surface area contributed by atoms with E-state index in [0.717, 1.165) is 25.9 Å². The Morgan fingerprint density at radius 2 is 2.07 bits per heavy atom. The molecule has 1 unspecified atom stereocenters. The van der Waals surface area contributed by atoms with Crippen LogP contribution in [0, 0.1) is 0 Å². The lowest BCUT2D eigenvalue weighted by molar-refractivity contribution is 0.0853. The monoisotopic (exact) mass is 212 g/mol. The van der Waals surface area contributed by atoms with Crippen molar-refractivity contribution in [1.29, 1.82) is 0 Å². The lowest BCUT2D eigenvalue weighted by atomic mass is 10.0. The lowest BCUT2D eigenvalue weighted by Gasteiger charge is -2.29. The van der Waals surface area contributed by atoms with Gasteiger partial charge in [0.1, 0.15) is 0 Å². The Bertz CT molecular complexity index is 204. The second kappa shape index (κ2) is 4.81. The second-order valence-electron chi connectivity index (χ2n) is 5.27. The van der Waals surface area contributed by atoms with Crippen LogP contribution >= 0.6 is 0 Å². The predicted molar refractivity (Wildman–Crippen MR) is 61.9 cm³/mol. The SMILES string of the molecule is CNC1CCCCN(CC2(O)CC2)CC1. The maximum absolute atomic E-state index is 9.91. The molecule has 15 heavy (non-hydrogen) atoms. The zero-order valence-corrected chi connectivity index (χ0v) is 9.84. The first-order valence-electron chi connectivity index (χ1n) is 6.34. The van der Waals surface area contributed by atoms with Gasteiger partial charge in [-0.15, -0.1) is 0 Å². The first-order chi connectivity index (χ1) is 7.22. The van der Waals surface area contributed by atoms with E-state index in [-0.39, 0.29) is 5.60 Å². The molecule has 1 saturated carbocycles. The van der Waals surface area contributed by atoms with Gasteiger partial charge < -0.3 is 15.3 Å². The molecule has 1 heterocycles. The van der Waals surface area contributed by atoms with E-state index in [4.69, 9.17) is 0 Å². The smallest absolute Gasteiger partial charge is 0.0776 e. The minimum Gasteiger partial charge on any atom is -0.389 e. The van der Waals surface area contributed by atoms with Gasteiger partial charge in [0.2, 0.25) is 0 Å². The summed E-state index contributed by atoms with van der Waals surface area (Å²) in [6.07, 6.45) is 7.17. The molecule has 1 atom stereocenters. The van der Waals surface area contributed by atoms with Crippen molar-refractivity contribution in [3.63, 3.8) is 0 Å². The van der Waals surface area contributed by atoms with Crippen molar-refractivity contribution in [1.82, 2.24) is 10.2 Å². The van der Waals surface area contributed by atoms with Crippen LogP contribution in [-0.2, 0) is 0 Å². The Morgan fingerprint density at radius 3 is 2.73 bits per heavy atom. The summed E-state index contributed by atoms with van der Waals surface area (Å²) in [4.78, 5) is 2.45. The molecule has 0 aromatic rings. The third-order valence-corrected chi connectivity index (χ3v) is 3.82. The Morgan fingerprint density at radius 1 is 1.27 bits per heavy atom. The number of hydrogen-bond acceptors (Lipinski definition) is 3. The summed E-state index contributed by atoms with van der Waals surface area (Å²) >= 11 is 0. The van der Waals surface area contributed by atoms with Crippen LogP contribution in [0.1, 0.15) is 38.5 Å². The summed E-state index contributed by atoms with van der Waals surface area (Å²) in [7, 11) is 2.06. The number of aliphatic hydroxyl groups is 1. The van der Waals surface area contributed by atoms with Gasteiger partial charge in [0.15, 0.2) is 0 Å². The van der Waals surface area contributed by atoms with Gasteiger partial charge in [0.05, 0.1) is 5.60 Å². The van der Waals surface area contributed by atoms with Crippen molar-refractivity contribution in [2.24, 2.45) is 0 Å². The third-order valence-electron chi connectivity index (χ3n) is 3.82. The van der Waals surface area contributed by atoms with Gasteiger partial charge in [-0.25, -0.2) is 0 Å². The number of likely N-dealkylation sites (tertiary alicyclic amines) is 1. The fraction of sp³-hybridized carbons (Fsp3) is 1.00. The topological polar surface area (TPSA) is 35.5 Å². The Kier molecular flexibility index (Phi) is 3.65. The average molecular weight is 212 g/mol. The molecule has 2 rings (SSSR count). The molecule has 2 N–H and O–H groups in total. The zero-order valence-electron chi connectivity index (χ0n) is 9.84. The standard InChI is InChI=1S/C12H24N2O/c1-13-11-4-2-3-8-14(9-5-11)10-12(15)6-7-12/h11,13,15H,2-10H2,1H3. The summed E-state index contributed by atoms with van der Waals surface area (Å²) in [6, 6.07) is 0.682. The average Bonchev–Trinajstić information content (AvgIpc) is 2.90. The van der Waals surface area contributed by atoms with Gasteiger partial charge in [-0.1, -0.05) is 6.42 Å². The molecule has 0 aromatic carbocycles. The number of rotatable bonds is 3. The van der Waals surface area contributed by atoms with Gasteiger partial charge in [0, 0.05) is 12.6 Å². The van der Waals surface area contributed by atoms with Crippen LogP contribution < -0.4 is 5.32 Å². The van der Waals surface area contributed by atoms with Gasteiger partial charge in [-0.2, -0.15) is 0 Å². The van der Waals surface area contributed by atoms with Gasteiger partial charge in [0.25, 0.3) is 0 Å². The van der Waals surface area contributed by atoms with E-state index in [1.54, 1.807) is 0 Å². The maximum Gasteiger partial charge on any atom is 0.0776 e. The highest BCUT2D eigenvalue weighted by Gasteiger charge is 2.41. The molecule has 0 aromatic heterocycles. The predicted octanol–water partition coefficient (Wildman–Crippen LogP) is 0.975. The zero-order chi connectivity index (χ0) is 10.7. The minimum atomic E-state index is -0.311. The van der Waals surface area contributed by atoms with Crippen molar-refractivity contribution >= 4 is 0 Å². The van der Waals surface area contributed by atoms with Crippen molar-refractivity contribution < 1.29 is 5.11 Å². The molecule has 2 fully saturated rings. The number of β-amino-alcohol motifs (C(OH)–C–C–N with tert-alkyl or cyclic N) is 1. The largest absolute Gasteiger partial charge is 0.389 e. The maximum atomic E-state index is 9.91. The number of nitrogens with one attached hydrogen (secondary N) is 1. The van der Waals surface area contributed by atoms with Crippen molar-refractivity contribution in [3.05, 3.63) is 0 Å². The van der Waals surface area contributed by atoms with Crippen LogP contribution in [0.2, 0.25) is 0 Å². The lowest BCUT2D eigenvalue weighted by Crippen LogP contribution is -2.39. The molecule has 1 aliphatic carbocycles. The van der Waals surface area contributed by atoms with Gasteiger partial charge >= 0.3 is 0 Å². The molecule has 0 spiro atoms. The quantitative estimate of drug-likeness (QED) is 0.732. The molecule has 1 aliphatic heterocycles. The van der Waals surface area contributed by atoms with E-state index in [9.17, 15) is 5.11 Å². The molecule has 2 aliphatic rings. The van der Waals surface area contributed by atoms with Crippen molar-refractivity contribution in [2.75, 3.05) is 26.7 Å². The van der Waals surface area contributed by atoms with E-state index >= 15 is 0 Å². The summed E-state index contributed by atoms with van der Waals surface area (Å²) in [5.74, 6) is 0. The normalized spacial score (nSPS) is 32.0. The summed E-state index contributed by atoms with van der Waals surface area (Å²) in [6.45, 7) is 3.23. The molecular formula is C12H24N2O. The molecular weight excluding hydrogens is 188 g/mol. The number of hydrogen-bond donors (Lipinski definition) is 2. The van der Waals surface area contributed by atoms with E-state index in [2.05, 4.69) is 17.3 Å². The summed E-state index contributed by atoms with van der Waals surface area (Å²) < 4.78 is 0. The summed E-state index contributed by atoms with van der Waals surface area (Å²) in [5.41, 5.74) is -0.311. The van der Waals surface area contributed by atoms with Crippen LogP contribution in [0.4, 0.5) is 0 Å². The van der Waals surface area contributed by atoms with E-state index in [1.807, 2.05) is 0 Å². The van der Waals surface area contributed by atoms with Gasteiger partial charge in [-0.3, -0.25) is 0 Å². The highest BCUT2D eigenvalue weighted by atomic mass is 16.3. The Balaban J connectivity index is 1.78. The molecule has 1 saturated heterocycles. The molecule has 0 amide bonds. The molecule has 3 heteroatoms. The van der Waals surface area contributed by atoms with E-state index in [0.29, 0.717) is 6.04 Å².